The van der Waals surface area contributed by atoms with Gasteiger partial charge in [0.25, 0.3) is 5.78 Å². The molecule has 1 aliphatic heterocycles. The molecule has 1 amide bonds. The third-order valence-corrected chi connectivity index (χ3v) is 5.57. The van der Waals surface area contributed by atoms with Gasteiger partial charge in [-0.1, -0.05) is 40.1 Å². The van der Waals surface area contributed by atoms with Crippen molar-refractivity contribution in [2.75, 3.05) is 11.5 Å². The van der Waals surface area contributed by atoms with Gasteiger partial charge in [0.2, 0.25) is 0 Å². The Kier molecular flexibility index (Phi) is 6.14. The van der Waals surface area contributed by atoms with Crippen molar-refractivity contribution in [3.05, 3.63) is 81.5 Å². The number of anilines is 1. The van der Waals surface area contributed by atoms with E-state index < -0.39 is 17.7 Å². The first-order valence-corrected chi connectivity index (χ1v) is 10.9. The molecular formula is C24H21BrN2O5. The second-order valence-electron chi connectivity index (χ2n) is 7.39. The number of hydrogen-bond acceptors (Lipinski definition) is 6. The molecule has 0 saturated carbocycles. The number of benzene rings is 2. The van der Waals surface area contributed by atoms with Crippen LogP contribution in [0.2, 0.25) is 0 Å². The van der Waals surface area contributed by atoms with Crippen molar-refractivity contribution in [3.8, 4) is 5.75 Å². The highest BCUT2D eigenvalue weighted by atomic mass is 79.9. The maximum atomic E-state index is 13.1. The van der Waals surface area contributed by atoms with Gasteiger partial charge in [0.1, 0.15) is 17.3 Å². The molecular weight excluding hydrogens is 476 g/mol. The number of carbonyl (C=O) groups excluding carboxylic acids is 2. The number of ether oxygens (including phenoxy) is 1. The predicted octanol–water partition coefficient (Wildman–Crippen LogP) is 5.16. The minimum Gasteiger partial charge on any atom is -0.507 e. The lowest BCUT2D eigenvalue weighted by atomic mass is 9.95. The molecule has 4 rings (SSSR count). The van der Waals surface area contributed by atoms with E-state index in [1.165, 1.54) is 4.90 Å². The van der Waals surface area contributed by atoms with Crippen LogP contribution in [0, 0.1) is 6.92 Å². The van der Waals surface area contributed by atoms with Gasteiger partial charge >= 0.3 is 5.91 Å². The first kappa shape index (κ1) is 21.8. The van der Waals surface area contributed by atoms with Gasteiger partial charge in [-0.05, 0) is 55.3 Å². The molecule has 0 bridgehead atoms. The molecule has 32 heavy (non-hydrogen) atoms. The summed E-state index contributed by atoms with van der Waals surface area (Å²) in [5.74, 6) is -0.481. The Labute approximate surface area is 193 Å². The Balaban J connectivity index is 1.84. The van der Waals surface area contributed by atoms with Crippen molar-refractivity contribution in [1.82, 2.24) is 5.16 Å². The molecule has 1 aromatic heterocycles. The molecule has 0 radical (unpaired) electrons. The van der Waals surface area contributed by atoms with Crippen LogP contribution in [0.15, 0.2) is 69.2 Å². The molecule has 1 atom stereocenters. The van der Waals surface area contributed by atoms with Crippen LogP contribution in [-0.2, 0) is 9.59 Å². The fourth-order valence-corrected chi connectivity index (χ4v) is 4.03. The molecule has 7 nitrogen and oxygen atoms in total. The third-order valence-electron chi connectivity index (χ3n) is 5.07. The first-order valence-electron chi connectivity index (χ1n) is 10.1. The average molecular weight is 497 g/mol. The number of ketones is 1. The largest absolute Gasteiger partial charge is 0.507 e. The molecule has 1 saturated heterocycles. The standard InChI is InChI=1S/C24H21BrN2O5/c1-3-11-31-18-9-7-15(8-10-18)22(28)20-21(16-5-4-6-17(25)13-16)27(24(30)23(20)29)19-12-14(2)32-26-19/h4-10,12-13,21,28H,3,11H2,1-2H3/b22-20+. The highest BCUT2D eigenvalue weighted by molar-refractivity contribution is 9.10. The van der Waals surface area contributed by atoms with E-state index in [4.69, 9.17) is 9.26 Å². The van der Waals surface area contributed by atoms with Crippen LogP contribution in [0.4, 0.5) is 5.82 Å². The first-order chi connectivity index (χ1) is 15.4. The summed E-state index contributed by atoms with van der Waals surface area (Å²) < 4.78 is 11.5. The lowest BCUT2D eigenvalue weighted by Crippen LogP contribution is -2.29. The number of aryl methyl sites for hydroxylation is 1. The van der Waals surface area contributed by atoms with Gasteiger partial charge in [-0.25, -0.2) is 0 Å². The minimum absolute atomic E-state index is 0.0176. The molecule has 1 fully saturated rings. The van der Waals surface area contributed by atoms with Gasteiger partial charge in [0.05, 0.1) is 18.2 Å². The van der Waals surface area contributed by atoms with Crippen LogP contribution >= 0.6 is 15.9 Å². The number of Topliss-reactive ketones (excluding diaryl/α,β-unsaturated/α-hetero) is 1. The minimum atomic E-state index is -0.868. The molecule has 1 N–H and O–H groups in total. The molecule has 8 heteroatoms. The van der Waals surface area contributed by atoms with Crippen LogP contribution in [-0.4, -0.2) is 28.6 Å². The Hall–Kier alpha value is -3.39. The SMILES string of the molecule is CCCOc1ccc(/C(O)=C2\C(=O)C(=O)N(c3cc(C)on3)C2c2cccc(Br)c2)cc1. The second-order valence-corrected chi connectivity index (χ2v) is 8.31. The molecule has 0 spiro atoms. The van der Waals surface area contributed by atoms with E-state index in [0.717, 1.165) is 10.9 Å². The average Bonchev–Trinajstić information content (AvgIpc) is 3.33. The van der Waals surface area contributed by atoms with Gasteiger partial charge in [0, 0.05) is 16.1 Å². The lowest BCUT2D eigenvalue weighted by Gasteiger charge is -2.23. The van der Waals surface area contributed by atoms with Crippen molar-refractivity contribution >= 4 is 39.2 Å². The predicted molar refractivity (Wildman–Crippen MR) is 122 cm³/mol. The molecule has 0 aliphatic carbocycles. The summed E-state index contributed by atoms with van der Waals surface area (Å²) >= 11 is 3.44. The Morgan fingerprint density at radius 2 is 1.94 bits per heavy atom. The summed E-state index contributed by atoms with van der Waals surface area (Å²) in [6, 6.07) is 14.7. The zero-order chi connectivity index (χ0) is 22.8. The van der Waals surface area contributed by atoms with E-state index in [9.17, 15) is 14.7 Å². The number of halogens is 1. The molecule has 2 heterocycles. The number of aromatic nitrogens is 1. The number of carbonyl (C=O) groups is 2. The zero-order valence-corrected chi connectivity index (χ0v) is 19.1. The van der Waals surface area contributed by atoms with E-state index in [1.54, 1.807) is 55.5 Å². The Morgan fingerprint density at radius 1 is 1.19 bits per heavy atom. The Bertz CT molecular complexity index is 1200. The highest BCUT2D eigenvalue weighted by Crippen LogP contribution is 2.42. The molecule has 2 aromatic carbocycles. The number of rotatable bonds is 6. The maximum Gasteiger partial charge on any atom is 0.301 e. The normalized spacial score (nSPS) is 17.7. The summed E-state index contributed by atoms with van der Waals surface area (Å²) in [4.78, 5) is 27.4. The number of hydrogen-bond donors (Lipinski definition) is 1. The van der Waals surface area contributed by atoms with Crippen molar-refractivity contribution in [3.63, 3.8) is 0 Å². The summed E-state index contributed by atoms with van der Waals surface area (Å²) in [5, 5.41) is 15.1. The number of amides is 1. The van der Waals surface area contributed by atoms with Crippen molar-refractivity contribution in [2.45, 2.75) is 26.3 Å². The number of aliphatic hydroxyl groups excluding tert-OH is 1. The van der Waals surface area contributed by atoms with Crippen molar-refractivity contribution in [1.29, 1.82) is 0 Å². The van der Waals surface area contributed by atoms with E-state index in [2.05, 4.69) is 21.1 Å². The zero-order valence-electron chi connectivity index (χ0n) is 17.5. The third kappa shape index (κ3) is 4.05. The molecule has 1 unspecified atom stereocenters. The van der Waals surface area contributed by atoms with E-state index in [0.29, 0.717) is 29.2 Å². The summed E-state index contributed by atoms with van der Waals surface area (Å²) in [7, 11) is 0. The monoisotopic (exact) mass is 496 g/mol. The Morgan fingerprint density at radius 3 is 2.56 bits per heavy atom. The topological polar surface area (TPSA) is 92.9 Å². The maximum absolute atomic E-state index is 13.1. The van der Waals surface area contributed by atoms with Crippen LogP contribution in [0.5, 0.6) is 5.75 Å². The summed E-state index contributed by atoms with van der Waals surface area (Å²) in [6.45, 7) is 4.29. The van der Waals surface area contributed by atoms with Crippen molar-refractivity contribution in [2.24, 2.45) is 0 Å². The number of nitrogens with zero attached hydrogens (tertiary/aromatic N) is 2. The molecule has 164 valence electrons. The van der Waals surface area contributed by atoms with Crippen molar-refractivity contribution < 1.29 is 24.0 Å². The molecule has 3 aromatic rings. The van der Waals surface area contributed by atoms with Crippen LogP contribution in [0.1, 0.15) is 36.3 Å². The van der Waals surface area contributed by atoms with E-state index in [-0.39, 0.29) is 17.2 Å². The highest BCUT2D eigenvalue weighted by Gasteiger charge is 2.48. The smallest absolute Gasteiger partial charge is 0.301 e. The van der Waals surface area contributed by atoms with Crippen LogP contribution < -0.4 is 9.64 Å². The van der Waals surface area contributed by atoms with E-state index >= 15 is 0 Å². The quantitative estimate of drug-likeness (QED) is 0.287. The fraction of sp³-hybridized carbons (Fsp3) is 0.208. The van der Waals surface area contributed by atoms with Gasteiger partial charge in [-0.15, -0.1) is 0 Å². The van der Waals surface area contributed by atoms with Gasteiger partial charge in [-0.3, -0.25) is 14.5 Å². The lowest BCUT2D eigenvalue weighted by molar-refractivity contribution is -0.132. The van der Waals surface area contributed by atoms with Gasteiger partial charge in [-0.2, -0.15) is 0 Å². The van der Waals surface area contributed by atoms with Gasteiger partial charge < -0.3 is 14.4 Å². The van der Waals surface area contributed by atoms with Crippen LogP contribution in [0.3, 0.4) is 0 Å². The second kappa shape index (κ2) is 9.00. The van der Waals surface area contributed by atoms with Gasteiger partial charge in [0.15, 0.2) is 5.82 Å². The number of aliphatic hydroxyl groups is 1. The summed E-state index contributed by atoms with van der Waals surface area (Å²) in [5.41, 5.74) is 1.03. The van der Waals surface area contributed by atoms with E-state index in [1.807, 2.05) is 13.0 Å². The summed E-state index contributed by atoms with van der Waals surface area (Å²) in [6.07, 6.45) is 0.874. The van der Waals surface area contributed by atoms with Crippen LogP contribution in [0.25, 0.3) is 5.76 Å². The molecule has 1 aliphatic rings. The fourth-order valence-electron chi connectivity index (χ4n) is 3.61.